The SMILES string of the molecule is C=CC(=O)Nc1c(C)nn(CC(=O)N(CC)CC(C)C)c1C. The second-order valence-corrected chi connectivity index (χ2v) is 5.72. The first kappa shape index (κ1) is 17.9. The van der Waals surface area contributed by atoms with Crippen LogP contribution in [0.4, 0.5) is 5.69 Å². The van der Waals surface area contributed by atoms with Crippen LogP contribution in [-0.4, -0.2) is 39.6 Å². The topological polar surface area (TPSA) is 67.2 Å². The van der Waals surface area contributed by atoms with Gasteiger partial charge in [-0.1, -0.05) is 20.4 Å². The molecule has 1 aromatic rings. The first-order chi connectivity index (χ1) is 10.3. The summed E-state index contributed by atoms with van der Waals surface area (Å²) in [5, 5.41) is 7.09. The van der Waals surface area contributed by atoms with Crippen LogP contribution in [0.2, 0.25) is 0 Å². The standard InChI is InChI=1S/C16H26N4O2/c1-7-14(21)17-16-12(5)18-20(13(16)6)10-15(22)19(8-2)9-11(3)4/h7,11H,1,8-10H2,2-6H3,(H,17,21). The molecular weight excluding hydrogens is 280 g/mol. The molecule has 0 aliphatic carbocycles. The maximum absolute atomic E-state index is 12.4. The molecule has 22 heavy (non-hydrogen) atoms. The van der Waals surface area contributed by atoms with Crippen molar-refractivity contribution < 1.29 is 9.59 Å². The van der Waals surface area contributed by atoms with Crippen LogP contribution >= 0.6 is 0 Å². The second-order valence-electron chi connectivity index (χ2n) is 5.72. The summed E-state index contributed by atoms with van der Waals surface area (Å²) in [5.41, 5.74) is 2.10. The molecule has 0 fully saturated rings. The van der Waals surface area contributed by atoms with E-state index < -0.39 is 0 Å². The van der Waals surface area contributed by atoms with Gasteiger partial charge in [-0.15, -0.1) is 0 Å². The summed E-state index contributed by atoms with van der Waals surface area (Å²) in [6.45, 7) is 14.8. The highest BCUT2D eigenvalue weighted by atomic mass is 16.2. The normalized spacial score (nSPS) is 10.6. The molecule has 1 N–H and O–H groups in total. The van der Waals surface area contributed by atoms with Crippen molar-refractivity contribution in [1.82, 2.24) is 14.7 Å². The van der Waals surface area contributed by atoms with E-state index in [1.54, 1.807) is 11.6 Å². The quantitative estimate of drug-likeness (QED) is 0.785. The van der Waals surface area contributed by atoms with E-state index >= 15 is 0 Å². The van der Waals surface area contributed by atoms with Crippen molar-refractivity contribution in [1.29, 1.82) is 0 Å². The number of carbonyl (C=O) groups is 2. The largest absolute Gasteiger partial charge is 0.341 e. The Balaban J connectivity index is 2.90. The molecule has 0 saturated heterocycles. The molecule has 2 amide bonds. The zero-order chi connectivity index (χ0) is 16.9. The summed E-state index contributed by atoms with van der Waals surface area (Å²) in [7, 11) is 0. The Morgan fingerprint density at radius 3 is 2.55 bits per heavy atom. The molecule has 0 aromatic carbocycles. The predicted octanol–water partition coefficient (Wildman–Crippen LogP) is 2.13. The number of likely N-dealkylation sites (N-methyl/N-ethyl adjacent to an activating group) is 1. The van der Waals surface area contributed by atoms with E-state index in [0.29, 0.717) is 23.8 Å². The lowest BCUT2D eigenvalue weighted by molar-refractivity contribution is -0.132. The molecule has 1 heterocycles. The van der Waals surface area contributed by atoms with Gasteiger partial charge in [-0.3, -0.25) is 14.3 Å². The van der Waals surface area contributed by atoms with Gasteiger partial charge in [0.2, 0.25) is 11.8 Å². The number of nitrogens with one attached hydrogen (secondary N) is 1. The molecule has 1 rings (SSSR count). The van der Waals surface area contributed by atoms with Crippen molar-refractivity contribution in [3.63, 3.8) is 0 Å². The second kappa shape index (κ2) is 7.77. The average molecular weight is 306 g/mol. The molecule has 0 saturated carbocycles. The third-order valence-corrected chi connectivity index (χ3v) is 3.42. The highest BCUT2D eigenvalue weighted by Gasteiger charge is 2.18. The molecule has 0 bridgehead atoms. The fraction of sp³-hybridized carbons (Fsp3) is 0.562. The van der Waals surface area contributed by atoms with E-state index in [9.17, 15) is 9.59 Å². The number of anilines is 1. The lowest BCUT2D eigenvalue weighted by Crippen LogP contribution is -2.36. The van der Waals surface area contributed by atoms with E-state index in [1.807, 2.05) is 18.7 Å². The number of rotatable bonds is 7. The van der Waals surface area contributed by atoms with E-state index in [2.05, 4.69) is 30.8 Å². The van der Waals surface area contributed by atoms with Crippen molar-refractivity contribution in [2.45, 2.75) is 41.2 Å². The number of amides is 2. The van der Waals surface area contributed by atoms with Gasteiger partial charge in [-0.05, 0) is 32.8 Å². The van der Waals surface area contributed by atoms with Gasteiger partial charge in [0.15, 0.2) is 0 Å². The lowest BCUT2D eigenvalue weighted by atomic mass is 10.2. The van der Waals surface area contributed by atoms with Crippen LogP contribution in [0, 0.1) is 19.8 Å². The minimum absolute atomic E-state index is 0.0309. The predicted molar refractivity (Wildman–Crippen MR) is 87.6 cm³/mol. The van der Waals surface area contributed by atoms with E-state index in [4.69, 9.17) is 0 Å². The maximum atomic E-state index is 12.4. The van der Waals surface area contributed by atoms with Crippen molar-refractivity contribution in [3.05, 3.63) is 24.0 Å². The summed E-state index contributed by atoms with van der Waals surface area (Å²) in [6.07, 6.45) is 1.21. The van der Waals surface area contributed by atoms with Crippen LogP contribution in [0.25, 0.3) is 0 Å². The van der Waals surface area contributed by atoms with Crippen LogP contribution < -0.4 is 5.32 Å². The van der Waals surface area contributed by atoms with E-state index in [-0.39, 0.29) is 18.4 Å². The Kier molecular flexibility index (Phi) is 6.34. The van der Waals surface area contributed by atoms with E-state index in [0.717, 1.165) is 12.2 Å². The van der Waals surface area contributed by atoms with Crippen LogP contribution in [0.1, 0.15) is 32.2 Å². The number of nitrogens with zero attached hydrogens (tertiary/aromatic N) is 3. The maximum Gasteiger partial charge on any atom is 0.247 e. The molecule has 0 atom stereocenters. The number of carbonyl (C=O) groups excluding carboxylic acids is 2. The van der Waals surface area contributed by atoms with Gasteiger partial charge < -0.3 is 10.2 Å². The Bertz CT molecular complexity index is 561. The van der Waals surface area contributed by atoms with Crippen molar-refractivity contribution in [2.24, 2.45) is 5.92 Å². The smallest absolute Gasteiger partial charge is 0.247 e. The molecule has 6 nitrogen and oxygen atoms in total. The van der Waals surface area contributed by atoms with Gasteiger partial charge >= 0.3 is 0 Å². The van der Waals surface area contributed by atoms with Crippen molar-refractivity contribution in [3.8, 4) is 0 Å². The Labute approximate surface area is 132 Å². The Morgan fingerprint density at radius 2 is 2.05 bits per heavy atom. The van der Waals surface area contributed by atoms with Crippen molar-refractivity contribution >= 4 is 17.5 Å². The molecular formula is C16H26N4O2. The number of hydrogen-bond donors (Lipinski definition) is 1. The summed E-state index contributed by atoms with van der Waals surface area (Å²) >= 11 is 0. The van der Waals surface area contributed by atoms with Crippen molar-refractivity contribution in [2.75, 3.05) is 18.4 Å². The first-order valence-electron chi connectivity index (χ1n) is 7.55. The molecule has 0 radical (unpaired) electrons. The summed E-state index contributed by atoms with van der Waals surface area (Å²) in [5.74, 6) is 0.169. The van der Waals surface area contributed by atoms with Gasteiger partial charge in [-0.25, -0.2) is 0 Å². The number of hydrogen-bond acceptors (Lipinski definition) is 3. The monoisotopic (exact) mass is 306 g/mol. The third-order valence-electron chi connectivity index (χ3n) is 3.42. The highest BCUT2D eigenvalue weighted by Crippen LogP contribution is 2.19. The number of aromatic nitrogens is 2. The zero-order valence-electron chi connectivity index (χ0n) is 14.1. The molecule has 122 valence electrons. The molecule has 0 aliphatic rings. The summed E-state index contributed by atoms with van der Waals surface area (Å²) in [4.78, 5) is 25.7. The van der Waals surface area contributed by atoms with E-state index in [1.165, 1.54) is 6.08 Å². The van der Waals surface area contributed by atoms with Gasteiger partial charge in [0.1, 0.15) is 6.54 Å². The van der Waals surface area contributed by atoms with Gasteiger partial charge in [0.05, 0.1) is 17.1 Å². The molecule has 1 aromatic heterocycles. The lowest BCUT2D eigenvalue weighted by Gasteiger charge is -2.23. The van der Waals surface area contributed by atoms with Crippen LogP contribution in [0.3, 0.4) is 0 Å². The Hall–Kier alpha value is -2.11. The molecule has 0 aliphatic heterocycles. The van der Waals surface area contributed by atoms with Gasteiger partial charge in [0.25, 0.3) is 0 Å². The fourth-order valence-corrected chi connectivity index (χ4v) is 2.28. The van der Waals surface area contributed by atoms with Crippen LogP contribution in [0.5, 0.6) is 0 Å². The molecule has 0 spiro atoms. The minimum Gasteiger partial charge on any atom is -0.341 e. The van der Waals surface area contributed by atoms with Crippen LogP contribution in [0.15, 0.2) is 12.7 Å². The third kappa shape index (κ3) is 4.44. The van der Waals surface area contributed by atoms with Gasteiger partial charge in [0, 0.05) is 13.1 Å². The minimum atomic E-state index is -0.285. The summed E-state index contributed by atoms with van der Waals surface area (Å²) in [6, 6.07) is 0. The molecule has 6 heteroatoms. The first-order valence-corrected chi connectivity index (χ1v) is 7.55. The van der Waals surface area contributed by atoms with Crippen LogP contribution in [-0.2, 0) is 16.1 Å². The molecule has 0 unspecified atom stereocenters. The number of aryl methyl sites for hydroxylation is 1. The highest BCUT2D eigenvalue weighted by molar-refractivity contribution is 5.99. The Morgan fingerprint density at radius 1 is 1.41 bits per heavy atom. The van der Waals surface area contributed by atoms with Gasteiger partial charge in [-0.2, -0.15) is 5.10 Å². The zero-order valence-corrected chi connectivity index (χ0v) is 14.1. The fourth-order valence-electron chi connectivity index (χ4n) is 2.28. The summed E-state index contributed by atoms with van der Waals surface area (Å²) < 4.78 is 1.64. The average Bonchev–Trinajstić information content (AvgIpc) is 2.71.